The van der Waals surface area contributed by atoms with Gasteiger partial charge in [0.2, 0.25) is 0 Å². The highest BCUT2D eigenvalue weighted by atomic mass is 19.1. The number of rotatable bonds is 7. The van der Waals surface area contributed by atoms with Crippen LogP contribution < -0.4 is 10.1 Å². The zero-order valence-electron chi connectivity index (χ0n) is 19.0. The lowest BCUT2D eigenvalue weighted by atomic mass is 10.1. The number of fused-ring (bicyclic) bond motifs is 1. The lowest BCUT2D eigenvalue weighted by Gasteiger charge is -2.25. The molecule has 33 heavy (non-hydrogen) atoms. The van der Waals surface area contributed by atoms with Crippen molar-refractivity contribution in [3.8, 4) is 11.8 Å². The molecule has 2 aliphatic rings. The minimum atomic E-state index is -0.794. The maximum atomic E-state index is 13.6. The number of halogens is 1. The Labute approximate surface area is 192 Å². The smallest absolute Gasteiger partial charge is 0.164 e. The van der Waals surface area contributed by atoms with Gasteiger partial charge in [0.1, 0.15) is 48.1 Å². The molecule has 0 unspecified atom stereocenters. The summed E-state index contributed by atoms with van der Waals surface area (Å²) in [6.07, 6.45) is 4.40. The Bertz CT molecular complexity index is 1080. The second-order valence-corrected chi connectivity index (χ2v) is 8.44. The van der Waals surface area contributed by atoms with Gasteiger partial charge >= 0.3 is 0 Å². The van der Waals surface area contributed by atoms with Crippen molar-refractivity contribution in [2.45, 2.75) is 64.3 Å². The van der Waals surface area contributed by atoms with E-state index in [0.29, 0.717) is 24.6 Å². The van der Waals surface area contributed by atoms with Crippen molar-refractivity contribution in [3.05, 3.63) is 53.4 Å². The molecule has 1 saturated carbocycles. The number of nitrogens with zero attached hydrogens (tertiary/aromatic N) is 3. The molecular weight excluding hydrogens is 427 g/mol. The van der Waals surface area contributed by atoms with Crippen LogP contribution in [0.4, 0.5) is 10.2 Å². The molecule has 1 aromatic carbocycles. The average Bonchev–Trinajstić information content (AvgIpc) is 3.25. The highest BCUT2D eigenvalue weighted by molar-refractivity contribution is 5.64. The van der Waals surface area contributed by atoms with Gasteiger partial charge in [-0.05, 0) is 52.0 Å². The van der Waals surface area contributed by atoms with Crippen LogP contribution in [0.5, 0.6) is 5.75 Å². The van der Waals surface area contributed by atoms with Crippen LogP contribution in [0.15, 0.2) is 30.8 Å². The molecular formula is C24H27FN4O4. The maximum Gasteiger partial charge on any atom is 0.164 e. The lowest BCUT2D eigenvalue weighted by molar-refractivity contribution is -0.160. The summed E-state index contributed by atoms with van der Waals surface area (Å²) in [5.41, 5.74) is 1.76. The largest absolute Gasteiger partial charge is 0.501 e. The van der Waals surface area contributed by atoms with Gasteiger partial charge in [-0.15, -0.1) is 0 Å². The van der Waals surface area contributed by atoms with Gasteiger partial charge in [0.15, 0.2) is 5.79 Å². The number of benzene rings is 1. The molecule has 0 spiro atoms. The van der Waals surface area contributed by atoms with E-state index in [9.17, 15) is 9.65 Å². The number of aromatic nitrogens is 2. The highest BCUT2D eigenvalue weighted by Crippen LogP contribution is 2.41. The van der Waals surface area contributed by atoms with Crippen LogP contribution in [0.3, 0.4) is 0 Å². The summed E-state index contributed by atoms with van der Waals surface area (Å²) in [6.45, 7) is 8.07. The van der Waals surface area contributed by atoms with Crippen LogP contribution in [-0.2, 0) is 14.2 Å². The number of ether oxygens (including phenoxy) is 4. The van der Waals surface area contributed by atoms with Gasteiger partial charge in [-0.1, -0.05) is 0 Å². The number of anilines is 1. The molecule has 9 heteroatoms. The molecule has 4 rings (SSSR count). The van der Waals surface area contributed by atoms with E-state index in [4.69, 9.17) is 18.9 Å². The number of hydrogen-bond donors (Lipinski definition) is 1. The summed E-state index contributed by atoms with van der Waals surface area (Å²) in [4.78, 5) is 8.71. The third-order valence-electron chi connectivity index (χ3n) is 5.66. The van der Waals surface area contributed by atoms with E-state index < -0.39 is 17.7 Å². The van der Waals surface area contributed by atoms with Crippen LogP contribution in [0.1, 0.15) is 44.0 Å². The van der Waals surface area contributed by atoms with Gasteiger partial charge in [0.25, 0.3) is 0 Å². The van der Waals surface area contributed by atoms with Crippen LogP contribution in [0, 0.1) is 24.1 Å². The van der Waals surface area contributed by atoms with Crippen molar-refractivity contribution in [1.29, 1.82) is 5.26 Å². The fraction of sp³-hybridized carbons (Fsp3) is 0.458. The molecule has 1 aliphatic heterocycles. The molecule has 1 N–H and O–H groups in total. The van der Waals surface area contributed by atoms with E-state index in [1.807, 2.05) is 39.8 Å². The molecule has 2 fully saturated rings. The minimum Gasteiger partial charge on any atom is -0.501 e. The Balaban J connectivity index is 1.59. The van der Waals surface area contributed by atoms with Crippen LogP contribution in [0.25, 0.3) is 6.08 Å². The van der Waals surface area contributed by atoms with Gasteiger partial charge in [0, 0.05) is 12.0 Å². The Morgan fingerprint density at radius 1 is 1.30 bits per heavy atom. The summed E-state index contributed by atoms with van der Waals surface area (Å²) in [5.74, 6) is -0.321. The summed E-state index contributed by atoms with van der Waals surface area (Å²) in [5, 5.41) is 12.9. The van der Waals surface area contributed by atoms with Crippen molar-refractivity contribution in [2.24, 2.45) is 0 Å². The molecule has 0 radical (unpaired) electrons. The van der Waals surface area contributed by atoms with E-state index in [1.54, 1.807) is 6.26 Å². The lowest BCUT2D eigenvalue weighted by Crippen LogP contribution is -2.35. The zero-order chi connectivity index (χ0) is 23.6. The van der Waals surface area contributed by atoms with Crippen LogP contribution >= 0.6 is 0 Å². The van der Waals surface area contributed by atoms with Crippen LogP contribution in [0.2, 0.25) is 0 Å². The molecule has 1 aromatic heterocycles. The fourth-order valence-electron chi connectivity index (χ4n) is 4.23. The van der Waals surface area contributed by atoms with E-state index in [1.165, 1.54) is 18.5 Å². The summed E-state index contributed by atoms with van der Waals surface area (Å²) in [6, 6.07) is 5.71. The molecule has 2 aromatic rings. The molecule has 4 atom stereocenters. The highest BCUT2D eigenvalue weighted by Gasteiger charge is 2.55. The summed E-state index contributed by atoms with van der Waals surface area (Å²) in [7, 11) is 0. The first-order valence-electron chi connectivity index (χ1n) is 10.9. The first kappa shape index (κ1) is 23.0. The second kappa shape index (κ2) is 9.33. The first-order valence-corrected chi connectivity index (χ1v) is 10.9. The molecule has 174 valence electrons. The van der Waals surface area contributed by atoms with E-state index in [2.05, 4.69) is 15.3 Å². The van der Waals surface area contributed by atoms with Crippen molar-refractivity contribution in [3.63, 3.8) is 0 Å². The van der Waals surface area contributed by atoms with Gasteiger partial charge < -0.3 is 24.3 Å². The van der Waals surface area contributed by atoms with E-state index >= 15 is 0 Å². The predicted molar refractivity (Wildman–Crippen MR) is 119 cm³/mol. The third-order valence-corrected chi connectivity index (χ3v) is 5.66. The molecule has 2 heterocycles. The Hall–Kier alpha value is -3.22. The molecule has 1 aliphatic carbocycles. The van der Waals surface area contributed by atoms with Crippen molar-refractivity contribution in [2.75, 3.05) is 11.9 Å². The number of aryl methyl sites for hydroxylation is 1. The summed E-state index contributed by atoms with van der Waals surface area (Å²) >= 11 is 0. The van der Waals surface area contributed by atoms with Gasteiger partial charge in [-0.3, -0.25) is 0 Å². The van der Waals surface area contributed by atoms with Crippen molar-refractivity contribution in [1.82, 2.24) is 9.97 Å². The normalized spacial score (nSPS) is 25.6. The second-order valence-electron chi connectivity index (χ2n) is 8.44. The van der Waals surface area contributed by atoms with Crippen LogP contribution in [-0.4, -0.2) is 46.7 Å². The molecule has 8 nitrogen and oxygen atoms in total. The quantitative estimate of drug-likeness (QED) is 0.628. The molecule has 1 saturated heterocycles. The van der Waals surface area contributed by atoms with E-state index in [-0.39, 0.29) is 23.8 Å². The number of hydrogen-bond acceptors (Lipinski definition) is 8. The Morgan fingerprint density at radius 3 is 2.85 bits per heavy atom. The van der Waals surface area contributed by atoms with Gasteiger partial charge in [-0.2, -0.15) is 5.26 Å². The Morgan fingerprint density at radius 2 is 2.09 bits per heavy atom. The van der Waals surface area contributed by atoms with Gasteiger partial charge in [0.05, 0.1) is 30.2 Å². The van der Waals surface area contributed by atoms with E-state index in [0.717, 1.165) is 17.3 Å². The van der Waals surface area contributed by atoms with Crippen molar-refractivity contribution >= 4 is 11.9 Å². The predicted octanol–water partition coefficient (Wildman–Crippen LogP) is 3.95. The molecule has 0 bridgehead atoms. The SMILES string of the molecule is CCO/C=C\c1c(C)ncnc1N[C@@H]1C[C@H](Oc2ccc(F)cc2C#N)[C@H]2OC(C)(C)O[C@H]21. The van der Waals surface area contributed by atoms with Crippen molar-refractivity contribution < 1.29 is 23.3 Å². The number of nitrogens with one attached hydrogen (secondary N) is 1. The standard InChI is InChI=1S/C24H27FN4O4/c1-5-30-9-8-17-14(2)27-13-28-23(17)29-18-11-20(22-21(18)32-24(3,4)33-22)31-19-7-6-16(25)10-15(19)12-26/h6-10,13,18,20-22H,5,11H2,1-4H3,(H,27,28,29)/b9-8-/t18-,20+,21+,22-/m1/s1. The average molecular weight is 455 g/mol. The maximum absolute atomic E-state index is 13.6. The zero-order valence-corrected chi connectivity index (χ0v) is 19.0. The summed E-state index contributed by atoms with van der Waals surface area (Å²) < 4.78 is 37.4. The number of nitriles is 1. The topological polar surface area (TPSA) is 98.5 Å². The monoisotopic (exact) mass is 454 g/mol. The Kier molecular flexibility index (Phi) is 6.49. The third kappa shape index (κ3) is 4.92. The minimum absolute atomic E-state index is 0.135. The van der Waals surface area contributed by atoms with Gasteiger partial charge in [-0.25, -0.2) is 14.4 Å². The fourth-order valence-corrected chi connectivity index (χ4v) is 4.23. The first-order chi connectivity index (χ1) is 15.8. The molecule has 0 amide bonds.